The van der Waals surface area contributed by atoms with Crippen molar-refractivity contribution in [2.75, 3.05) is 0 Å². The van der Waals surface area contributed by atoms with Crippen molar-refractivity contribution in [3.63, 3.8) is 0 Å². The minimum absolute atomic E-state index is 0.841. The first-order valence-corrected chi connectivity index (χ1v) is 5.79. The van der Waals surface area contributed by atoms with Crippen molar-refractivity contribution in [3.05, 3.63) is 58.1 Å². The van der Waals surface area contributed by atoms with Crippen LogP contribution in [0.2, 0.25) is 5.02 Å². The van der Waals surface area contributed by atoms with E-state index in [1.54, 1.807) is 0 Å². The molecular formula is C15H15Cl. The van der Waals surface area contributed by atoms with Gasteiger partial charge in [0.1, 0.15) is 0 Å². The number of hydrogen-bond donors (Lipinski definition) is 0. The lowest BCUT2D eigenvalue weighted by Crippen LogP contribution is -1.86. The summed E-state index contributed by atoms with van der Waals surface area (Å²) in [6.45, 7) is 6.24. The van der Waals surface area contributed by atoms with Crippen LogP contribution < -0.4 is 0 Å². The van der Waals surface area contributed by atoms with E-state index in [2.05, 4.69) is 44.2 Å². The predicted molar refractivity (Wildman–Crippen MR) is 71.1 cm³/mol. The van der Waals surface area contributed by atoms with E-state index in [9.17, 15) is 0 Å². The van der Waals surface area contributed by atoms with E-state index in [-0.39, 0.29) is 0 Å². The summed E-state index contributed by atoms with van der Waals surface area (Å²) in [5.41, 5.74) is 6.15. The number of halogens is 1. The van der Waals surface area contributed by atoms with Gasteiger partial charge in [-0.15, -0.1) is 0 Å². The quantitative estimate of drug-likeness (QED) is 0.652. The first-order valence-electron chi connectivity index (χ1n) is 5.42. The monoisotopic (exact) mass is 230 g/mol. The minimum atomic E-state index is 0.841. The van der Waals surface area contributed by atoms with Crippen molar-refractivity contribution in [1.82, 2.24) is 0 Å². The Balaban J connectivity index is 2.56. The molecule has 1 heteroatoms. The third-order valence-electron chi connectivity index (χ3n) is 2.87. The summed E-state index contributed by atoms with van der Waals surface area (Å²) in [5, 5.41) is 0.841. The van der Waals surface area contributed by atoms with E-state index >= 15 is 0 Å². The van der Waals surface area contributed by atoms with Gasteiger partial charge < -0.3 is 0 Å². The zero-order chi connectivity index (χ0) is 11.7. The highest BCUT2D eigenvalue weighted by molar-refractivity contribution is 6.31. The van der Waals surface area contributed by atoms with Crippen molar-refractivity contribution >= 4 is 11.6 Å². The van der Waals surface area contributed by atoms with Crippen LogP contribution in [-0.2, 0) is 0 Å². The normalized spacial score (nSPS) is 10.5. The lowest BCUT2D eigenvalue weighted by atomic mass is 9.98. The number of benzene rings is 2. The van der Waals surface area contributed by atoms with Crippen molar-refractivity contribution < 1.29 is 0 Å². The van der Waals surface area contributed by atoms with Gasteiger partial charge in [-0.25, -0.2) is 0 Å². The van der Waals surface area contributed by atoms with Gasteiger partial charge in [-0.05, 0) is 55.2 Å². The Hall–Kier alpha value is -1.27. The minimum Gasteiger partial charge on any atom is -0.0840 e. The van der Waals surface area contributed by atoms with E-state index in [0.717, 1.165) is 10.6 Å². The summed E-state index contributed by atoms with van der Waals surface area (Å²) in [6, 6.07) is 12.8. The van der Waals surface area contributed by atoms with Gasteiger partial charge in [-0.2, -0.15) is 0 Å². The van der Waals surface area contributed by atoms with Crippen molar-refractivity contribution in [3.8, 4) is 11.1 Å². The lowest BCUT2D eigenvalue weighted by Gasteiger charge is -2.09. The largest absolute Gasteiger partial charge is 0.0840 e. The van der Waals surface area contributed by atoms with Crippen LogP contribution in [-0.4, -0.2) is 0 Å². The predicted octanol–water partition coefficient (Wildman–Crippen LogP) is 4.93. The standard InChI is InChI=1S/C15H15Cl/c1-10-4-6-13(7-5-10)14-8-12(3)15(16)9-11(14)2/h4-9H,1-3H3. The van der Waals surface area contributed by atoms with Crippen LogP contribution in [0.3, 0.4) is 0 Å². The first kappa shape index (κ1) is 11.2. The van der Waals surface area contributed by atoms with Crippen LogP contribution >= 0.6 is 11.6 Å². The summed E-state index contributed by atoms with van der Waals surface area (Å²) in [5.74, 6) is 0. The fraction of sp³-hybridized carbons (Fsp3) is 0.200. The Morgan fingerprint density at radius 1 is 0.812 bits per heavy atom. The lowest BCUT2D eigenvalue weighted by molar-refractivity contribution is 1.38. The molecule has 0 fully saturated rings. The van der Waals surface area contributed by atoms with Crippen molar-refractivity contribution in [2.45, 2.75) is 20.8 Å². The molecule has 0 radical (unpaired) electrons. The highest BCUT2D eigenvalue weighted by Crippen LogP contribution is 2.28. The highest BCUT2D eigenvalue weighted by atomic mass is 35.5. The summed E-state index contributed by atoms with van der Waals surface area (Å²) >= 11 is 6.10. The fourth-order valence-corrected chi connectivity index (χ4v) is 2.04. The summed E-state index contributed by atoms with van der Waals surface area (Å²) in [4.78, 5) is 0. The van der Waals surface area contributed by atoms with Crippen LogP contribution in [0.1, 0.15) is 16.7 Å². The second kappa shape index (κ2) is 4.31. The SMILES string of the molecule is Cc1ccc(-c2cc(C)c(Cl)cc2C)cc1. The molecule has 2 aromatic carbocycles. The van der Waals surface area contributed by atoms with E-state index < -0.39 is 0 Å². The third kappa shape index (κ3) is 2.12. The zero-order valence-electron chi connectivity index (χ0n) is 9.84. The Morgan fingerprint density at radius 3 is 2.06 bits per heavy atom. The molecule has 0 aliphatic heterocycles. The topological polar surface area (TPSA) is 0 Å². The molecule has 0 atom stereocenters. The van der Waals surface area contributed by atoms with Gasteiger partial charge in [0.15, 0.2) is 0 Å². The van der Waals surface area contributed by atoms with Crippen molar-refractivity contribution in [1.29, 1.82) is 0 Å². The zero-order valence-corrected chi connectivity index (χ0v) is 10.6. The maximum Gasteiger partial charge on any atom is 0.0438 e. The maximum atomic E-state index is 6.10. The van der Waals surface area contributed by atoms with Crippen LogP contribution in [0, 0.1) is 20.8 Å². The Kier molecular flexibility index (Phi) is 3.02. The molecule has 82 valence electrons. The summed E-state index contributed by atoms with van der Waals surface area (Å²) < 4.78 is 0. The van der Waals surface area contributed by atoms with E-state index in [1.165, 1.54) is 22.3 Å². The molecule has 0 nitrogen and oxygen atoms in total. The molecule has 0 amide bonds. The molecule has 0 unspecified atom stereocenters. The Morgan fingerprint density at radius 2 is 1.44 bits per heavy atom. The molecule has 0 saturated carbocycles. The average Bonchev–Trinajstić information content (AvgIpc) is 2.25. The summed E-state index contributed by atoms with van der Waals surface area (Å²) in [6.07, 6.45) is 0. The average molecular weight is 231 g/mol. The van der Waals surface area contributed by atoms with Gasteiger partial charge in [0.05, 0.1) is 0 Å². The van der Waals surface area contributed by atoms with Gasteiger partial charge in [0, 0.05) is 5.02 Å². The van der Waals surface area contributed by atoms with Gasteiger partial charge in [0.25, 0.3) is 0 Å². The first-order chi connectivity index (χ1) is 7.58. The van der Waals surface area contributed by atoms with Gasteiger partial charge in [-0.3, -0.25) is 0 Å². The molecule has 0 spiro atoms. The smallest absolute Gasteiger partial charge is 0.0438 e. The van der Waals surface area contributed by atoms with Crippen molar-refractivity contribution in [2.24, 2.45) is 0 Å². The second-order valence-electron chi connectivity index (χ2n) is 4.28. The van der Waals surface area contributed by atoms with Gasteiger partial charge in [0.2, 0.25) is 0 Å². The molecule has 0 N–H and O–H groups in total. The molecule has 0 bridgehead atoms. The number of rotatable bonds is 1. The van der Waals surface area contributed by atoms with E-state index in [0.29, 0.717) is 0 Å². The molecule has 0 aliphatic rings. The summed E-state index contributed by atoms with van der Waals surface area (Å²) in [7, 11) is 0. The van der Waals surface area contributed by atoms with Crippen LogP contribution in [0.5, 0.6) is 0 Å². The number of aryl methyl sites for hydroxylation is 3. The molecule has 0 saturated heterocycles. The Bertz CT molecular complexity index is 510. The maximum absolute atomic E-state index is 6.10. The van der Waals surface area contributed by atoms with E-state index in [1.807, 2.05) is 13.0 Å². The molecule has 0 aliphatic carbocycles. The van der Waals surface area contributed by atoms with Crippen LogP contribution in [0.4, 0.5) is 0 Å². The molecule has 0 aromatic heterocycles. The highest BCUT2D eigenvalue weighted by Gasteiger charge is 2.04. The fourth-order valence-electron chi connectivity index (χ4n) is 1.83. The van der Waals surface area contributed by atoms with Gasteiger partial charge >= 0.3 is 0 Å². The molecule has 16 heavy (non-hydrogen) atoms. The molecular weight excluding hydrogens is 216 g/mol. The molecule has 2 rings (SSSR count). The van der Waals surface area contributed by atoms with Crippen LogP contribution in [0.25, 0.3) is 11.1 Å². The second-order valence-corrected chi connectivity index (χ2v) is 4.69. The Labute approximate surface area is 102 Å². The van der Waals surface area contributed by atoms with Gasteiger partial charge in [-0.1, -0.05) is 41.4 Å². The third-order valence-corrected chi connectivity index (χ3v) is 3.28. The van der Waals surface area contributed by atoms with E-state index in [4.69, 9.17) is 11.6 Å². The number of hydrogen-bond acceptors (Lipinski definition) is 0. The molecule has 2 aromatic rings. The van der Waals surface area contributed by atoms with Crippen LogP contribution in [0.15, 0.2) is 36.4 Å². The molecule has 0 heterocycles.